The van der Waals surface area contributed by atoms with Crippen molar-refractivity contribution in [1.29, 1.82) is 0 Å². The largest absolute Gasteiger partial charge is 0.496 e. The minimum absolute atomic E-state index is 0.00551. The Morgan fingerprint density at radius 3 is 2.65 bits per heavy atom. The predicted octanol–water partition coefficient (Wildman–Crippen LogP) is 2.47. The Balaban J connectivity index is 1.65. The Morgan fingerprint density at radius 2 is 1.88 bits per heavy atom. The Hall–Kier alpha value is -3.68. The van der Waals surface area contributed by atoms with E-state index in [1.807, 2.05) is 18.2 Å². The van der Waals surface area contributed by atoms with Gasteiger partial charge in [-0.25, -0.2) is 0 Å². The molecule has 1 aromatic heterocycles. The third-order valence-corrected chi connectivity index (χ3v) is 4.10. The van der Waals surface area contributed by atoms with E-state index in [0.717, 1.165) is 0 Å². The molecule has 1 amide bonds. The fourth-order valence-corrected chi connectivity index (χ4v) is 2.91. The Kier molecular flexibility index (Phi) is 3.85. The molecule has 0 saturated heterocycles. The fourth-order valence-electron chi connectivity index (χ4n) is 2.91. The van der Waals surface area contributed by atoms with Gasteiger partial charge in [0, 0.05) is 5.56 Å². The summed E-state index contributed by atoms with van der Waals surface area (Å²) in [6, 6.07) is 14.4. The molecule has 8 nitrogen and oxygen atoms in total. The first kappa shape index (κ1) is 15.8. The molecule has 2 heterocycles. The van der Waals surface area contributed by atoms with Gasteiger partial charge in [-0.1, -0.05) is 40.6 Å². The SMILES string of the molecule is COc1ccccc1-c1nc(CN2C(=O)/C(=N\O)c3ccccc32)no1. The van der Waals surface area contributed by atoms with E-state index in [9.17, 15) is 4.79 Å². The van der Waals surface area contributed by atoms with Crippen LogP contribution in [-0.4, -0.2) is 34.1 Å². The molecule has 1 aliphatic heterocycles. The summed E-state index contributed by atoms with van der Waals surface area (Å²) in [7, 11) is 1.56. The van der Waals surface area contributed by atoms with Crippen LogP contribution in [0.3, 0.4) is 0 Å². The molecule has 1 aliphatic rings. The average molecular weight is 350 g/mol. The van der Waals surface area contributed by atoms with Crippen molar-refractivity contribution in [3.8, 4) is 17.2 Å². The lowest BCUT2D eigenvalue weighted by Crippen LogP contribution is -2.30. The van der Waals surface area contributed by atoms with Crippen LogP contribution >= 0.6 is 0 Å². The number of carbonyl (C=O) groups is 1. The molecular weight excluding hydrogens is 336 g/mol. The van der Waals surface area contributed by atoms with Gasteiger partial charge in [0.1, 0.15) is 5.75 Å². The average Bonchev–Trinajstić information content (AvgIpc) is 3.25. The van der Waals surface area contributed by atoms with Crippen molar-refractivity contribution in [2.45, 2.75) is 6.54 Å². The highest BCUT2D eigenvalue weighted by Gasteiger charge is 2.35. The summed E-state index contributed by atoms with van der Waals surface area (Å²) < 4.78 is 10.6. The minimum atomic E-state index is -0.419. The van der Waals surface area contributed by atoms with Crippen LogP contribution < -0.4 is 9.64 Å². The van der Waals surface area contributed by atoms with Crippen LogP contribution in [0.1, 0.15) is 11.4 Å². The van der Waals surface area contributed by atoms with E-state index in [2.05, 4.69) is 15.3 Å². The zero-order valence-electron chi connectivity index (χ0n) is 13.8. The van der Waals surface area contributed by atoms with Crippen LogP contribution in [0.5, 0.6) is 5.75 Å². The lowest BCUT2D eigenvalue weighted by atomic mass is 10.1. The van der Waals surface area contributed by atoms with E-state index in [4.69, 9.17) is 14.5 Å². The summed E-state index contributed by atoms with van der Waals surface area (Å²) in [6.45, 7) is 0.0908. The molecule has 8 heteroatoms. The molecule has 0 saturated carbocycles. The number of nitrogens with zero attached hydrogens (tertiary/aromatic N) is 4. The highest BCUT2D eigenvalue weighted by atomic mass is 16.5. The lowest BCUT2D eigenvalue weighted by Gasteiger charge is -2.13. The lowest BCUT2D eigenvalue weighted by molar-refractivity contribution is -0.112. The predicted molar refractivity (Wildman–Crippen MR) is 92.2 cm³/mol. The van der Waals surface area contributed by atoms with Crippen molar-refractivity contribution in [2.24, 2.45) is 5.16 Å². The number of rotatable bonds is 4. The summed E-state index contributed by atoms with van der Waals surface area (Å²) in [5.41, 5.74) is 1.86. The molecule has 0 unspecified atom stereocenters. The molecular formula is C18H14N4O4. The normalized spacial score (nSPS) is 14.7. The first-order valence-corrected chi connectivity index (χ1v) is 7.82. The second kappa shape index (κ2) is 6.32. The summed E-state index contributed by atoms with van der Waals surface area (Å²) in [5, 5.41) is 16.2. The van der Waals surface area contributed by atoms with Gasteiger partial charge < -0.3 is 14.5 Å². The van der Waals surface area contributed by atoms with Gasteiger partial charge in [0.05, 0.1) is 24.9 Å². The molecule has 0 bridgehead atoms. The number of aromatic nitrogens is 2. The van der Waals surface area contributed by atoms with E-state index in [0.29, 0.717) is 34.3 Å². The van der Waals surface area contributed by atoms with E-state index < -0.39 is 5.91 Å². The number of methoxy groups -OCH3 is 1. The number of oxime groups is 1. The van der Waals surface area contributed by atoms with Crippen LogP contribution in [0.15, 0.2) is 58.2 Å². The number of benzene rings is 2. The van der Waals surface area contributed by atoms with Crippen molar-refractivity contribution in [3.63, 3.8) is 0 Å². The Bertz CT molecular complexity index is 1010. The maximum atomic E-state index is 12.5. The molecule has 0 radical (unpaired) electrons. The van der Waals surface area contributed by atoms with Crippen molar-refractivity contribution >= 4 is 17.3 Å². The summed E-state index contributed by atoms with van der Waals surface area (Å²) in [5.74, 6) is 0.819. The van der Waals surface area contributed by atoms with Crippen LogP contribution in [0.25, 0.3) is 11.5 Å². The molecule has 0 fully saturated rings. The van der Waals surface area contributed by atoms with Crippen LogP contribution in [0.4, 0.5) is 5.69 Å². The van der Waals surface area contributed by atoms with Crippen LogP contribution in [0, 0.1) is 0 Å². The summed E-state index contributed by atoms with van der Waals surface area (Å²) in [6.07, 6.45) is 0. The standard InChI is InChI=1S/C18H14N4O4/c1-25-14-9-5-3-7-12(14)17-19-15(21-26-17)10-22-13-8-4-2-6-11(13)16(20-24)18(22)23/h2-9,24H,10H2,1H3/b20-16-. The van der Waals surface area contributed by atoms with Gasteiger partial charge in [-0.3, -0.25) is 9.69 Å². The zero-order chi connectivity index (χ0) is 18.1. The highest BCUT2D eigenvalue weighted by molar-refractivity contribution is 6.54. The molecule has 0 atom stereocenters. The first-order chi connectivity index (χ1) is 12.7. The fraction of sp³-hybridized carbons (Fsp3) is 0.111. The molecule has 0 aliphatic carbocycles. The van der Waals surface area contributed by atoms with E-state index in [1.54, 1.807) is 37.4 Å². The Labute approximate surface area is 148 Å². The van der Waals surface area contributed by atoms with Gasteiger partial charge in [-0.15, -0.1) is 0 Å². The number of carbonyl (C=O) groups excluding carboxylic acids is 1. The second-order valence-corrected chi connectivity index (χ2v) is 5.57. The molecule has 26 heavy (non-hydrogen) atoms. The first-order valence-electron chi connectivity index (χ1n) is 7.82. The maximum Gasteiger partial charge on any atom is 0.281 e. The zero-order valence-corrected chi connectivity index (χ0v) is 13.8. The minimum Gasteiger partial charge on any atom is -0.496 e. The van der Waals surface area contributed by atoms with E-state index in [-0.39, 0.29) is 12.3 Å². The van der Waals surface area contributed by atoms with Crippen molar-refractivity contribution in [3.05, 3.63) is 59.9 Å². The van der Waals surface area contributed by atoms with Crippen LogP contribution in [0.2, 0.25) is 0 Å². The quantitative estimate of drug-likeness (QED) is 0.573. The molecule has 4 rings (SSSR count). The third-order valence-electron chi connectivity index (χ3n) is 4.10. The van der Waals surface area contributed by atoms with Gasteiger partial charge in [0.15, 0.2) is 11.5 Å². The maximum absolute atomic E-state index is 12.5. The van der Waals surface area contributed by atoms with Gasteiger partial charge in [-0.2, -0.15) is 4.98 Å². The molecule has 2 aromatic carbocycles. The smallest absolute Gasteiger partial charge is 0.281 e. The highest BCUT2D eigenvalue weighted by Crippen LogP contribution is 2.31. The third kappa shape index (κ3) is 2.48. The molecule has 1 N–H and O–H groups in total. The number of amides is 1. The molecule has 130 valence electrons. The summed E-state index contributed by atoms with van der Waals surface area (Å²) in [4.78, 5) is 18.3. The number of hydrogen-bond acceptors (Lipinski definition) is 7. The van der Waals surface area contributed by atoms with Crippen molar-refractivity contribution < 1.29 is 19.3 Å². The van der Waals surface area contributed by atoms with Gasteiger partial charge >= 0.3 is 0 Å². The number of ether oxygens (including phenoxy) is 1. The molecule has 3 aromatic rings. The van der Waals surface area contributed by atoms with Gasteiger partial charge in [0.25, 0.3) is 11.8 Å². The topological polar surface area (TPSA) is 101 Å². The number of anilines is 1. The number of fused-ring (bicyclic) bond motifs is 1. The number of para-hydroxylation sites is 2. The van der Waals surface area contributed by atoms with Gasteiger partial charge in [0.2, 0.25) is 0 Å². The number of hydrogen-bond donors (Lipinski definition) is 1. The summed E-state index contributed by atoms with van der Waals surface area (Å²) >= 11 is 0. The van der Waals surface area contributed by atoms with Crippen molar-refractivity contribution in [1.82, 2.24) is 10.1 Å². The van der Waals surface area contributed by atoms with E-state index >= 15 is 0 Å². The van der Waals surface area contributed by atoms with Gasteiger partial charge in [-0.05, 0) is 18.2 Å². The Morgan fingerprint density at radius 1 is 1.15 bits per heavy atom. The molecule has 0 spiro atoms. The van der Waals surface area contributed by atoms with Crippen LogP contribution in [-0.2, 0) is 11.3 Å². The second-order valence-electron chi connectivity index (χ2n) is 5.57. The van der Waals surface area contributed by atoms with E-state index in [1.165, 1.54) is 4.90 Å². The monoisotopic (exact) mass is 350 g/mol. The van der Waals surface area contributed by atoms with Crippen molar-refractivity contribution in [2.75, 3.05) is 12.0 Å².